The number of ether oxygens (including phenoxy) is 2. The van der Waals surface area contributed by atoms with Gasteiger partial charge in [-0.25, -0.2) is 4.79 Å². The second kappa shape index (κ2) is 9.03. The zero-order chi connectivity index (χ0) is 17.4. The highest BCUT2D eigenvalue weighted by Gasteiger charge is 2.22. The van der Waals surface area contributed by atoms with Crippen molar-refractivity contribution in [1.29, 1.82) is 5.26 Å². The summed E-state index contributed by atoms with van der Waals surface area (Å²) < 4.78 is 11.6. The highest BCUT2D eigenvalue weighted by molar-refractivity contribution is 9.10. The minimum absolute atomic E-state index is 0.115. The maximum Gasteiger partial charge on any atom is 0.361 e. The number of nitrogens with zero attached hydrogens (tertiary/aromatic N) is 3. The Morgan fingerprint density at radius 2 is 2.21 bits per heavy atom. The van der Waals surface area contributed by atoms with Gasteiger partial charge < -0.3 is 9.47 Å². The molecule has 24 heavy (non-hydrogen) atoms. The molecule has 2 aromatic rings. The Bertz CT molecular complexity index is 739. The van der Waals surface area contributed by atoms with Crippen molar-refractivity contribution in [3.63, 3.8) is 0 Å². The zero-order valence-corrected chi connectivity index (χ0v) is 14.8. The summed E-state index contributed by atoms with van der Waals surface area (Å²) in [5.74, 6) is 0.0517. The number of aromatic nitrogens is 3. The SMILES string of the molecule is CCOC(=O)c1n[nH]nc1-c1cc(Br)ccc1OCCCCC#N. The Hall–Kier alpha value is -2.40. The van der Waals surface area contributed by atoms with E-state index >= 15 is 0 Å². The smallest absolute Gasteiger partial charge is 0.361 e. The first-order valence-corrected chi connectivity index (χ1v) is 8.34. The summed E-state index contributed by atoms with van der Waals surface area (Å²) in [4.78, 5) is 12.0. The van der Waals surface area contributed by atoms with Gasteiger partial charge in [0, 0.05) is 16.5 Å². The van der Waals surface area contributed by atoms with Crippen LogP contribution in [0.15, 0.2) is 22.7 Å². The number of esters is 1. The lowest BCUT2D eigenvalue weighted by molar-refractivity contribution is 0.0520. The average Bonchev–Trinajstić information content (AvgIpc) is 3.05. The third-order valence-electron chi connectivity index (χ3n) is 3.15. The van der Waals surface area contributed by atoms with Gasteiger partial charge in [-0.1, -0.05) is 15.9 Å². The number of carbonyl (C=O) groups is 1. The summed E-state index contributed by atoms with van der Waals surface area (Å²) in [6.07, 6.45) is 2.06. The van der Waals surface area contributed by atoms with Crippen LogP contribution in [0.2, 0.25) is 0 Å². The number of hydrogen-bond acceptors (Lipinski definition) is 6. The molecular weight excluding hydrogens is 376 g/mol. The molecule has 0 saturated carbocycles. The lowest BCUT2D eigenvalue weighted by Crippen LogP contribution is -2.07. The van der Waals surface area contributed by atoms with E-state index in [1.807, 2.05) is 12.1 Å². The lowest BCUT2D eigenvalue weighted by Gasteiger charge is -2.11. The van der Waals surface area contributed by atoms with E-state index in [1.165, 1.54) is 0 Å². The van der Waals surface area contributed by atoms with Crippen molar-refractivity contribution in [3.8, 4) is 23.1 Å². The number of unbranched alkanes of at least 4 members (excludes halogenated alkanes) is 2. The largest absolute Gasteiger partial charge is 0.493 e. The molecule has 8 heteroatoms. The number of aromatic amines is 1. The van der Waals surface area contributed by atoms with Crippen molar-refractivity contribution in [2.24, 2.45) is 0 Å². The standard InChI is InChI=1S/C16H17BrN4O3/c1-2-23-16(22)15-14(19-21-20-15)12-10-11(17)6-7-13(12)24-9-5-3-4-8-18/h6-7,10H,2-5,9H2,1H3,(H,19,20,21). The molecule has 0 radical (unpaired) electrons. The molecule has 0 aliphatic carbocycles. The van der Waals surface area contributed by atoms with Crippen molar-refractivity contribution >= 4 is 21.9 Å². The van der Waals surface area contributed by atoms with Gasteiger partial charge in [0.15, 0.2) is 5.69 Å². The molecule has 0 aliphatic heterocycles. The van der Waals surface area contributed by atoms with Gasteiger partial charge in [-0.15, -0.1) is 5.10 Å². The predicted molar refractivity (Wildman–Crippen MR) is 90.4 cm³/mol. The number of hydrogen-bond donors (Lipinski definition) is 1. The second-order valence-electron chi connectivity index (χ2n) is 4.85. The van der Waals surface area contributed by atoms with Crippen LogP contribution in [0, 0.1) is 11.3 Å². The molecular formula is C16H17BrN4O3. The monoisotopic (exact) mass is 392 g/mol. The Morgan fingerprint density at radius 1 is 1.38 bits per heavy atom. The first kappa shape index (κ1) is 17.9. The van der Waals surface area contributed by atoms with Crippen molar-refractivity contribution in [2.75, 3.05) is 13.2 Å². The van der Waals surface area contributed by atoms with Crippen LogP contribution in [0.25, 0.3) is 11.3 Å². The molecule has 2 rings (SSSR count). The van der Waals surface area contributed by atoms with Gasteiger partial charge >= 0.3 is 5.97 Å². The molecule has 7 nitrogen and oxygen atoms in total. The molecule has 1 heterocycles. The predicted octanol–water partition coefficient (Wildman–Crippen LogP) is 3.48. The summed E-state index contributed by atoms with van der Waals surface area (Å²) in [5, 5.41) is 19.0. The van der Waals surface area contributed by atoms with Crippen LogP contribution in [-0.2, 0) is 4.74 Å². The van der Waals surface area contributed by atoms with Crippen molar-refractivity contribution in [1.82, 2.24) is 15.4 Å². The van der Waals surface area contributed by atoms with Crippen molar-refractivity contribution in [3.05, 3.63) is 28.4 Å². The topological polar surface area (TPSA) is 101 Å². The normalized spacial score (nSPS) is 10.2. The van der Waals surface area contributed by atoms with Gasteiger partial charge in [-0.05, 0) is 38.0 Å². The summed E-state index contributed by atoms with van der Waals surface area (Å²) in [6, 6.07) is 7.56. The van der Waals surface area contributed by atoms with E-state index < -0.39 is 5.97 Å². The molecule has 0 saturated heterocycles. The summed E-state index contributed by atoms with van der Waals surface area (Å²) in [6.45, 7) is 2.46. The second-order valence-corrected chi connectivity index (χ2v) is 5.76. The number of nitriles is 1. The van der Waals surface area contributed by atoms with Crippen LogP contribution in [0.5, 0.6) is 5.75 Å². The molecule has 0 spiro atoms. The quantitative estimate of drug-likeness (QED) is 0.544. The van der Waals surface area contributed by atoms with E-state index in [4.69, 9.17) is 14.7 Å². The summed E-state index contributed by atoms with van der Waals surface area (Å²) >= 11 is 3.41. The van der Waals surface area contributed by atoms with Crippen molar-refractivity contribution < 1.29 is 14.3 Å². The van der Waals surface area contributed by atoms with Gasteiger partial charge in [0.1, 0.15) is 11.4 Å². The van der Waals surface area contributed by atoms with Crippen LogP contribution in [0.1, 0.15) is 36.7 Å². The van der Waals surface area contributed by atoms with Crippen LogP contribution >= 0.6 is 15.9 Å². The Kier molecular flexibility index (Phi) is 6.75. The maximum absolute atomic E-state index is 12.0. The molecule has 0 fully saturated rings. The van der Waals surface area contributed by atoms with Gasteiger partial charge in [0.05, 0.1) is 19.3 Å². The Morgan fingerprint density at radius 3 is 2.96 bits per heavy atom. The fourth-order valence-corrected chi connectivity index (χ4v) is 2.42. The number of H-pyrrole nitrogens is 1. The third kappa shape index (κ3) is 4.55. The van der Waals surface area contributed by atoms with E-state index in [1.54, 1.807) is 13.0 Å². The minimum atomic E-state index is -0.541. The number of carbonyl (C=O) groups excluding carboxylic acids is 1. The molecule has 1 aromatic heterocycles. The van der Waals surface area contributed by atoms with Crippen LogP contribution < -0.4 is 4.74 Å². The van der Waals surface area contributed by atoms with E-state index in [9.17, 15) is 4.79 Å². The fraction of sp³-hybridized carbons (Fsp3) is 0.375. The summed E-state index contributed by atoms with van der Waals surface area (Å²) in [7, 11) is 0. The number of benzene rings is 1. The van der Waals surface area contributed by atoms with Crippen LogP contribution in [0.3, 0.4) is 0 Å². The summed E-state index contributed by atoms with van der Waals surface area (Å²) in [5.41, 5.74) is 1.13. The Labute approximate surface area is 148 Å². The molecule has 0 unspecified atom stereocenters. The number of nitrogens with one attached hydrogen (secondary N) is 1. The molecule has 0 aliphatic rings. The van der Waals surface area contributed by atoms with Gasteiger partial charge in [0.2, 0.25) is 0 Å². The number of rotatable bonds is 8. The molecule has 1 N–H and O–H groups in total. The molecule has 0 amide bonds. The van der Waals surface area contributed by atoms with Crippen LogP contribution in [0.4, 0.5) is 0 Å². The first-order valence-electron chi connectivity index (χ1n) is 7.55. The maximum atomic E-state index is 12.0. The molecule has 1 aromatic carbocycles. The number of halogens is 1. The third-order valence-corrected chi connectivity index (χ3v) is 3.65. The highest BCUT2D eigenvalue weighted by atomic mass is 79.9. The van der Waals surface area contributed by atoms with Crippen LogP contribution in [-0.4, -0.2) is 34.6 Å². The zero-order valence-electron chi connectivity index (χ0n) is 13.2. The average molecular weight is 393 g/mol. The van der Waals surface area contributed by atoms with E-state index in [-0.39, 0.29) is 12.3 Å². The van der Waals surface area contributed by atoms with Gasteiger partial charge in [-0.3, -0.25) is 0 Å². The highest BCUT2D eigenvalue weighted by Crippen LogP contribution is 2.33. The van der Waals surface area contributed by atoms with E-state index in [0.717, 1.165) is 17.3 Å². The van der Waals surface area contributed by atoms with Crippen molar-refractivity contribution in [2.45, 2.75) is 26.2 Å². The van der Waals surface area contributed by atoms with E-state index in [0.29, 0.717) is 30.0 Å². The molecule has 0 bridgehead atoms. The van der Waals surface area contributed by atoms with E-state index in [2.05, 4.69) is 37.4 Å². The minimum Gasteiger partial charge on any atom is -0.493 e. The van der Waals surface area contributed by atoms with Gasteiger partial charge in [0.25, 0.3) is 0 Å². The lowest BCUT2D eigenvalue weighted by atomic mass is 10.1. The Balaban J connectivity index is 2.23. The first-order chi connectivity index (χ1) is 11.7. The molecule has 126 valence electrons. The van der Waals surface area contributed by atoms with Gasteiger partial charge in [-0.2, -0.15) is 15.6 Å². The fourth-order valence-electron chi connectivity index (χ4n) is 2.06. The molecule has 0 atom stereocenters.